The number of benzene rings is 1. The van der Waals surface area contributed by atoms with Gasteiger partial charge in [-0.1, -0.05) is 6.92 Å². The Morgan fingerprint density at radius 3 is 2.58 bits per heavy atom. The number of nitrogens with zero attached hydrogens (tertiary/aromatic N) is 1. The van der Waals surface area contributed by atoms with Crippen molar-refractivity contribution in [3.8, 4) is 0 Å². The van der Waals surface area contributed by atoms with E-state index in [1.807, 2.05) is 6.92 Å². The third-order valence-corrected chi connectivity index (χ3v) is 3.62. The molecule has 1 aliphatic rings. The van der Waals surface area contributed by atoms with Crippen molar-refractivity contribution in [3.05, 3.63) is 35.1 Å². The van der Waals surface area contributed by atoms with E-state index in [1.54, 1.807) is 6.92 Å². The third-order valence-electron chi connectivity index (χ3n) is 3.62. The number of aryl methyl sites for hydroxylation is 1. The van der Waals surface area contributed by atoms with Crippen LogP contribution in [0.1, 0.15) is 22.8 Å². The smallest absolute Gasteiger partial charge is 0.308 e. The number of aliphatic carboxylic acids is 1. The highest BCUT2D eigenvalue weighted by Gasteiger charge is 2.37. The summed E-state index contributed by atoms with van der Waals surface area (Å²) in [5.74, 6) is -2.06. The van der Waals surface area contributed by atoms with Gasteiger partial charge in [0.1, 0.15) is 5.82 Å². The SMILES string of the molecule is Cc1cc(C(=O)N2C[C@@H](C)[C@H](C(=O)O)C2)ccc1F. The van der Waals surface area contributed by atoms with Gasteiger partial charge in [-0.05, 0) is 36.6 Å². The maximum Gasteiger partial charge on any atom is 0.308 e. The van der Waals surface area contributed by atoms with Crippen molar-refractivity contribution in [2.75, 3.05) is 13.1 Å². The fraction of sp³-hybridized carbons (Fsp3) is 0.429. The van der Waals surface area contributed by atoms with Gasteiger partial charge >= 0.3 is 5.97 Å². The van der Waals surface area contributed by atoms with Crippen LogP contribution in [0, 0.1) is 24.6 Å². The van der Waals surface area contributed by atoms with E-state index in [0.29, 0.717) is 17.7 Å². The molecule has 2 atom stereocenters. The van der Waals surface area contributed by atoms with Crippen molar-refractivity contribution in [1.82, 2.24) is 4.90 Å². The van der Waals surface area contributed by atoms with Crippen LogP contribution >= 0.6 is 0 Å². The average Bonchev–Trinajstić information content (AvgIpc) is 2.74. The average molecular weight is 265 g/mol. The summed E-state index contributed by atoms with van der Waals surface area (Å²) < 4.78 is 13.2. The predicted molar refractivity (Wildman–Crippen MR) is 67.3 cm³/mol. The van der Waals surface area contributed by atoms with Gasteiger partial charge in [-0.15, -0.1) is 0 Å². The first-order chi connectivity index (χ1) is 8.90. The van der Waals surface area contributed by atoms with Gasteiger partial charge in [0, 0.05) is 18.7 Å². The summed E-state index contributed by atoms with van der Waals surface area (Å²) in [6.45, 7) is 4.05. The summed E-state index contributed by atoms with van der Waals surface area (Å²) in [5.41, 5.74) is 0.810. The molecule has 1 amide bonds. The number of carbonyl (C=O) groups excluding carboxylic acids is 1. The normalized spacial score (nSPS) is 22.6. The lowest BCUT2D eigenvalue weighted by molar-refractivity contribution is -0.142. The molecule has 1 aromatic carbocycles. The zero-order valence-corrected chi connectivity index (χ0v) is 10.9. The van der Waals surface area contributed by atoms with Crippen LogP contribution in [-0.2, 0) is 4.79 Å². The maximum absolute atomic E-state index is 13.2. The second-order valence-electron chi connectivity index (χ2n) is 5.10. The van der Waals surface area contributed by atoms with Gasteiger partial charge in [0.25, 0.3) is 5.91 Å². The van der Waals surface area contributed by atoms with Crippen molar-refractivity contribution in [3.63, 3.8) is 0 Å². The first-order valence-electron chi connectivity index (χ1n) is 6.18. The van der Waals surface area contributed by atoms with Crippen LogP contribution < -0.4 is 0 Å². The van der Waals surface area contributed by atoms with E-state index in [0.717, 1.165) is 0 Å². The zero-order chi connectivity index (χ0) is 14.2. The van der Waals surface area contributed by atoms with E-state index < -0.39 is 11.9 Å². The fourth-order valence-electron chi connectivity index (χ4n) is 2.41. The summed E-state index contributed by atoms with van der Waals surface area (Å²) >= 11 is 0. The number of amides is 1. The summed E-state index contributed by atoms with van der Waals surface area (Å²) in [7, 11) is 0. The molecule has 5 heteroatoms. The number of hydrogen-bond donors (Lipinski definition) is 1. The first-order valence-corrected chi connectivity index (χ1v) is 6.18. The van der Waals surface area contributed by atoms with Crippen molar-refractivity contribution in [2.45, 2.75) is 13.8 Å². The Morgan fingerprint density at radius 2 is 2.05 bits per heavy atom. The van der Waals surface area contributed by atoms with Gasteiger partial charge in [0.2, 0.25) is 0 Å². The molecular weight excluding hydrogens is 249 g/mol. The maximum atomic E-state index is 13.2. The predicted octanol–water partition coefficient (Wildman–Crippen LogP) is 1.93. The molecule has 0 radical (unpaired) electrons. The minimum absolute atomic E-state index is 0.0667. The van der Waals surface area contributed by atoms with Crippen LogP contribution in [0.3, 0.4) is 0 Å². The summed E-state index contributed by atoms with van der Waals surface area (Å²) in [6.07, 6.45) is 0. The van der Waals surface area contributed by atoms with E-state index >= 15 is 0 Å². The summed E-state index contributed by atoms with van der Waals surface area (Å²) in [4.78, 5) is 24.8. The number of carbonyl (C=O) groups is 2. The minimum Gasteiger partial charge on any atom is -0.481 e. The Labute approximate surface area is 110 Å². The molecule has 4 nitrogen and oxygen atoms in total. The van der Waals surface area contributed by atoms with E-state index in [-0.39, 0.29) is 24.2 Å². The van der Waals surface area contributed by atoms with Gasteiger partial charge in [-0.3, -0.25) is 9.59 Å². The van der Waals surface area contributed by atoms with Crippen LogP contribution in [0.5, 0.6) is 0 Å². The Bertz CT molecular complexity index is 529. The molecule has 102 valence electrons. The standard InChI is InChI=1S/C14H16FNO3/c1-8-5-10(3-4-12(8)15)13(17)16-6-9(2)11(7-16)14(18)19/h3-5,9,11H,6-7H2,1-2H3,(H,18,19)/t9-,11-/m1/s1. The number of hydrogen-bond acceptors (Lipinski definition) is 2. The molecule has 1 aromatic rings. The molecule has 19 heavy (non-hydrogen) atoms. The quantitative estimate of drug-likeness (QED) is 0.888. The monoisotopic (exact) mass is 265 g/mol. The molecule has 1 N–H and O–H groups in total. The second-order valence-corrected chi connectivity index (χ2v) is 5.10. The Morgan fingerprint density at radius 1 is 1.37 bits per heavy atom. The first kappa shape index (κ1) is 13.5. The fourth-order valence-corrected chi connectivity index (χ4v) is 2.41. The van der Waals surface area contributed by atoms with Crippen LogP contribution in [0.15, 0.2) is 18.2 Å². The molecule has 0 spiro atoms. The van der Waals surface area contributed by atoms with Crippen LogP contribution in [0.25, 0.3) is 0 Å². The molecule has 1 saturated heterocycles. The lowest BCUT2D eigenvalue weighted by Crippen LogP contribution is -2.30. The highest BCUT2D eigenvalue weighted by molar-refractivity contribution is 5.95. The number of halogens is 1. The van der Waals surface area contributed by atoms with Crippen LogP contribution in [0.2, 0.25) is 0 Å². The second kappa shape index (κ2) is 4.99. The van der Waals surface area contributed by atoms with Crippen molar-refractivity contribution < 1.29 is 19.1 Å². The number of carboxylic acids is 1. The van der Waals surface area contributed by atoms with Crippen molar-refractivity contribution in [1.29, 1.82) is 0 Å². The summed E-state index contributed by atoms with van der Waals surface area (Å²) in [6, 6.07) is 4.19. The van der Waals surface area contributed by atoms with E-state index in [1.165, 1.54) is 23.1 Å². The molecule has 1 fully saturated rings. The molecule has 1 aliphatic heterocycles. The van der Waals surface area contributed by atoms with Gasteiger partial charge in [-0.2, -0.15) is 0 Å². The number of rotatable bonds is 2. The van der Waals surface area contributed by atoms with E-state index in [9.17, 15) is 14.0 Å². The number of likely N-dealkylation sites (tertiary alicyclic amines) is 1. The van der Waals surface area contributed by atoms with Gasteiger partial charge in [0.05, 0.1) is 5.92 Å². The molecule has 0 aromatic heterocycles. The third kappa shape index (κ3) is 2.59. The zero-order valence-electron chi connectivity index (χ0n) is 10.9. The highest BCUT2D eigenvalue weighted by atomic mass is 19.1. The molecule has 1 heterocycles. The largest absolute Gasteiger partial charge is 0.481 e. The molecule has 0 unspecified atom stereocenters. The molecule has 0 bridgehead atoms. The Kier molecular flexibility index (Phi) is 3.55. The lowest BCUT2D eigenvalue weighted by atomic mass is 9.99. The van der Waals surface area contributed by atoms with Crippen LogP contribution in [-0.4, -0.2) is 35.0 Å². The molecular formula is C14H16FNO3. The molecule has 2 rings (SSSR count). The van der Waals surface area contributed by atoms with Crippen LogP contribution in [0.4, 0.5) is 4.39 Å². The number of carboxylic acid groups (broad SMARTS) is 1. The van der Waals surface area contributed by atoms with E-state index in [4.69, 9.17) is 5.11 Å². The highest BCUT2D eigenvalue weighted by Crippen LogP contribution is 2.25. The molecule has 0 saturated carbocycles. The van der Waals surface area contributed by atoms with Crippen molar-refractivity contribution >= 4 is 11.9 Å². The molecule has 0 aliphatic carbocycles. The van der Waals surface area contributed by atoms with E-state index in [2.05, 4.69) is 0 Å². The Balaban J connectivity index is 2.17. The van der Waals surface area contributed by atoms with Gasteiger partial charge in [0.15, 0.2) is 0 Å². The minimum atomic E-state index is -0.877. The van der Waals surface area contributed by atoms with Gasteiger partial charge < -0.3 is 10.0 Å². The van der Waals surface area contributed by atoms with Crippen molar-refractivity contribution in [2.24, 2.45) is 11.8 Å². The Hall–Kier alpha value is -1.91. The summed E-state index contributed by atoms with van der Waals surface area (Å²) in [5, 5.41) is 9.05. The van der Waals surface area contributed by atoms with Gasteiger partial charge in [-0.25, -0.2) is 4.39 Å². The topological polar surface area (TPSA) is 57.6 Å². The lowest BCUT2D eigenvalue weighted by Gasteiger charge is -2.16.